The van der Waals surface area contributed by atoms with E-state index in [0.717, 1.165) is 51.4 Å². The van der Waals surface area contributed by atoms with E-state index in [1.165, 1.54) is 57.8 Å². The lowest BCUT2D eigenvalue weighted by molar-refractivity contribution is -0.250. The summed E-state index contributed by atoms with van der Waals surface area (Å²) < 4.78 is 28.2. The van der Waals surface area contributed by atoms with Crippen molar-refractivity contribution in [2.24, 2.45) is 0 Å². The summed E-state index contributed by atoms with van der Waals surface area (Å²) in [5.74, 6) is -0.824. The molecule has 0 radical (unpaired) electrons. The van der Waals surface area contributed by atoms with Gasteiger partial charge in [0.2, 0.25) is 5.91 Å². The van der Waals surface area contributed by atoms with Gasteiger partial charge in [0, 0.05) is 13.0 Å². The van der Waals surface area contributed by atoms with Gasteiger partial charge in [0.1, 0.15) is 24.0 Å². The van der Waals surface area contributed by atoms with E-state index in [2.05, 4.69) is 19.2 Å². The summed E-state index contributed by atoms with van der Waals surface area (Å²) in [6.45, 7) is 6.46. The standard InChI is InChI=1S/C31H60NO9P/c1-4-7-9-11-13-15-16-18-20-22-25(33)24-27(34)32-28-30(39-23-21-19-17-14-12-10-8-5-2)29(35)26(6-3)40-31(28)41-42(36,37)38/h26,28-31,35H,4-24H2,1-3H3,(H,32,34)(H2,36,37,38). The zero-order chi connectivity index (χ0) is 31.2. The summed E-state index contributed by atoms with van der Waals surface area (Å²) >= 11 is 0. The monoisotopic (exact) mass is 621 g/mol. The molecule has 0 aromatic heterocycles. The van der Waals surface area contributed by atoms with E-state index in [1.807, 2.05) is 0 Å². The first-order valence-electron chi connectivity index (χ1n) is 16.6. The molecular formula is C31H60NO9P. The number of unbranched alkanes of at least 4 members (excludes halogenated alkanes) is 15. The lowest BCUT2D eigenvalue weighted by atomic mass is 9.94. The van der Waals surface area contributed by atoms with Gasteiger partial charge in [0.25, 0.3) is 0 Å². The maximum absolute atomic E-state index is 12.8. The van der Waals surface area contributed by atoms with Gasteiger partial charge in [0.05, 0.1) is 12.5 Å². The number of amides is 1. The molecule has 1 heterocycles. The van der Waals surface area contributed by atoms with Crippen LogP contribution in [0.4, 0.5) is 0 Å². The number of ketones is 1. The summed E-state index contributed by atoms with van der Waals surface area (Å²) in [5.41, 5.74) is 0. The molecule has 0 saturated carbocycles. The summed E-state index contributed by atoms with van der Waals surface area (Å²) in [5, 5.41) is 13.6. The van der Waals surface area contributed by atoms with Crippen molar-refractivity contribution in [1.29, 1.82) is 0 Å². The largest absolute Gasteiger partial charge is 0.472 e. The maximum atomic E-state index is 12.8. The number of aliphatic hydroxyl groups excluding tert-OH is 1. The van der Waals surface area contributed by atoms with Crippen molar-refractivity contribution >= 4 is 19.5 Å². The van der Waals surface area contributed by atoms with Crippen LogP contribution >= 0.6 is 7.82 Å². The molecule has 248 valence electrons. The molecular weight excluding hydrogens is 561 g/mol. The van der Waals surface area contributed by atoms with Crippen molar-refractivity contribution in [1.82, 2.24) is 5.32 Å². The molecule has 0 aromatic carbocycles. The summed E-state index contributed by atoms with van der Waals surface area (Å²) in [7, 11) is -4.99. The number of hydrogen-bond donors (Lipinski definition) is 4. The number of ether oxygens (including phenoxy) is 2. The number of phosphoric ester groups is 1. The quantitative estimate of drug-likeness (QED) is 0.0483. The lowest BCUT2D eigenvalue weighted by Gasteiger charge is -2.44. The number of hydrogen-bond acceptors (Lipinski definition) is 7. The van der Waals surface area contributed by atoms with Crippen molar-refractivity contribution in [2.45, 2.75) is 180 Å². The van der Waals surface area contributed by atoms with Crippen molar-refractivity contribution in [2.75, 3.05) is 6.61 Å². The van der Waals surface area contributed by atoms with Gasteiger partial charge in [0.15, 0.2) is 6.29 Å². The zero-order valence-electron chi connectivity index (χ0n) is 26.5. The Morgan fingerprint density at radius 1 is 0.786 bits per heavy atom. The van der Waals surface area contributed by atoms with Crippen LogP contribution in [0.5, 0.6) is 0 Å². The highest BCUT2D eigenvalue weighted by molar-refractivity contribution is 7.46. The SMILES string of the molecule is CCCCCCCCCCCC(=O)CC(=O)NC1C(OP(=O)(O)O)OC(CC)C(O)C1OCCCCCCCCCC. The Labute approximate surface area is 254 Å². The molecule has 0 bridgehead atoms. The fourth-order valence-electron chi connectivity index (χ4n) is 5.42. The van der Waals surface area contributed by atoms with Crippen LogP contribution in [0.2, 0.25) is 0 Å². The Kier molecular flexibility index (Phi) is 21.9. The van der Waals surface area contributed by atoms with Crippen molar-refractivity contribution in [3.63, 3.8) is 0 Å². The second-order valence-electron chi connectivity index (χ2n) is 11.7. The van der Waals surface area contributed by atoms with Crippen LogP contribution in [0, 0.1) is 0 Å². The van der Waals surface area contributed by atoms with Crippen molar-refractivity contribution in [3.8, 4) is 0 Å². The number of nitrogens with one attached hydrogen (secondary N) is 1. The molecule has 42 heavy (non-hydrogen) atoms. The normalized spacial score (nSPS) is 22.8. The predicted octanol–water partition coefficient (Wildman–Crippen LogP) is 6.48. The maximum Gasteiger partial charge on any atom is 0.472 e. The minimum atomic E-state index is -4.99. The first-order chi connectivity index (χ1) is 20.1. The van der Waals surface area contributed by atoms with Crippen LogP contribution in [0.25, 0.3) is 0 Å². The molecule has 4 N–H and O–H groups in total. The molecule has 11 heteroatoms. The molecule has 0 aliphatic carbocycles. The Hall–Kier alpha value is -0.870. The fraction of sp³-hybridized carbons (Fsp3) is 0.935. The van der Waals surface area contributed by atoms with Gasteiger partial charge < -0.3 is 29.7 Å². The number of rotatable bonds is 26. The Morgan fingerprint density at radius 3 is 1.79 bits per heavy atom. The van der Waals surface area contributed by atoms with Crippen LogP contribution in [0.3, 0.4) is 0 Å². The van der Waals surface area contributed by atoms with Gasteiger partial charge in [-0.2, -0.15) is 0 Å². The third-order valence-corrected chi connectivity index (χ3v) is 8.35. The fourth-order valence-corrected chi connectivity index (χ4v) is 5.88. The van der Waals surface area contributed by atoms with Crippen LogP contribution in [-0.4, -0.2) is 63.8 Å². The molecule has 0 aromatic rings. The molecule has 5 unspecified atom stereocenters. The molecule has 1 aliphatic rings. The highest BCUT2D eigenvalue weighted by atomic mass is 31.2. The van der Waals surface area contributed by atoms with Gasteiger partial charge in [-0.1, -0.05) is 117 Å². The second kappa shape index (κ2) is 23.5. The molecule has 1 saturated heterocycles. The molecule has 1 fully saturated rings. The Balaban J connectivity index is 2.64. The predicted molar refractivity (Wildman–Crippen MR) is 164 cm³/mol. The van der Waals surface area contributed by atoms with Gasteiger partial charge in [-0.05, 0) is 19.3 Å². The zero-order valence-corrected chi connectivity index (χ0v) is 27.4. The van der Waals surface area contributed by atoms with E-state index < -0.39 is 44.4 Å². The average molecular weight is 622 g/mol. The Bertz CT molecular complexity index is 763. The molecule has 1 amide bonds. The lowest BCUT2D eigenvalue weighted by Crippen LogP contribution is -2.64. The van der Waals surface area contributed by atoms with Gasteiger partial charge >= 0.3 is 7.82 Å². The molecule has 0 spiro atoms. The van der Waals surface area contributed by atoms with E-state index in [0.29, 0.717) is 19.4 Å². The summed E-state index contributed by atoms with van der Waals surface area (Å²) in [4.78, 5) is 44.3. The molecule has 1 aliphatic heterocycles. The number of phosphoric acid groups is 1. The second-order valence-corrected chi connectivity index (χ2v) is 12.9. The van der Waals surface area contributed by atoms with Crippen LogP contribution in [-0.2, 0) is 28.2 Å². The first kappa shape index (κ1) is 39.2. The highest BCUT2D eigenvalue weighted by Gasteiger charge is 2.48. The summed E-state index contributed by atoms with van der Waals surface area (Å²) in [6, 6.07) is -1.20. The smallest absolute Gasteiger partial charge is 0.388 e. The van der Waals surface area contributed by atoms with Gasteiger partial charge in [-0.3, -0.25) is 14.1 Å². The van der Waals surface area contributed by atoms with Crippen molar-refractivity contribution < 1.29 is 43.0 Å². The number of Topliss-reactive ketones (excluding diaryl/α,β-unsaturated/α-hetero) is 1. The number of aliphatic hydroxyl groups is 1. The minimum absolute atomic E-state index is 0.206. The number of carbonyl (C=O) groups is 2. The number of carbonyl (C=O) groups excluding carboxylic acids is 2. The third-order valence-electron chi connectivity index (χ3n) is 7.87. The Morgan fingerprint density at radius 2 is 1.29 bits per heavy atom. The van der Waals surface area contributed by atoms with Crippen LogP contribution in [0.15, 0.2) is 0 Å². The van der Waals surface area contributed by atoms with Crippen molar-refractivity contribution in [3.05, 3.63) is 0 Å². The van der Waals surface area contributed by atoms with Crippen LogP contribution < -0.4 is 5.32 Å². The molecule has 5 atom stereocenters. The van der Waals surface area contributed by atoms with E-state index in [4.69, 9.17) is 14.0 Å². The topological polar surface area (TPSA) is 152 Å². The van der Waals surface area contributed by atoms with E-state index in [-0.39, 0.29) is 12.2 Å². The minimum Gasteiger partial charge on any atom is -0.388 e. The molecule has 10 nitrogen and oxygen atoms in total. The van der Waals surface area contributed by atoms with E-state index >= 15 is 0 Å². The average Bonchev–Trinajstić information content (AvgIpc) is 2.93. The van der Waals surface area contributed by atoms with E-state index in [9.17, 15) is 29.0 Å². The van der Waals surface area contributed by atoms with E-state index in [1.54, 1.807) is 6.92 Å². The van der Waals surface area contributed by atoms with Crippen LogP contribution in [0.1, 0.15) is 149 Å². The highest BCUT2D eigenvalue weighted by Crippen LogP contribution is 2.41. The third kappa shape index (κ3) is 18.1. The van der Waals surface area contributed by atoms with Gasteiger partial charge in [-0.25, -0.2) is 4.57 Å². The first-order valence-corrected chi connectivity index (χ1v) is 18.2. The molecule has 1 rings (SSSR count). The van der Waals surface area contributed by atoms with Gasteiger partial charge in [-0.15, -0.1) is 0 Å². The summed E-state index contributed by atoms with van der Waals surface area (Å²) in [6.07, 6.45) is 14.7.